The standard InChI is InChI=1S/C14H16F4O3/c1-2-13(19)20-8-4-3-5-10-6-7-12(11(15)9-10)21-14(16,17)18/h6-7,9H,2-5,8H2,1H3. The highest BCUT2D eigenvalue weighted by Gasteiger charge is 2.32. The van der Waals surface area contributed by atoms with Gasteiger partial charge in [0, 0.05) is 6.42 Å². The normalized spacial score (nSPS) is 11.3. The number of alkyl halides is 3. The number of carbonyl (C=O) groups excluding carboxylic acids is 1. The van der Waals surface area contributed by atoms with E-state index in [0.29, 0.717) is 31.2 Å². The van der Waals surface area contributed by atoms with Gasteiger partial charge in [-0.15, -0.1) is 13.2 Å². The fourth-order valence-corrected chi connectivity index (χ4v) is 1.63. The third kappa shape index (κ3) is 6.97. The summed E-state index contributed by atoms with van der Waals surface area (Å²) in [5, 5.41) is 0. The van der Waals surface area contributed by atoms with Crippen LogP contribution in [0.25, 0.3) is 0 Å². The Morgan fingerprint density at radius 1 is 1.24 bits per heavy atom. The predicted molar refractivity (Wildman–Crippen MR) is 67.3 cm³/mol. The lowest BCUT2D eigenvalue weighted by Crippen LogP contribution is -2.18. The Kier molecular flexibility index (Phi) is 6.45. The number of aryl methyl sites for hydroxylation is 1. The number of halogens is 4. The number of hydrogen-bond donors (Lipinski definition) is 0. The van der Waals surface area contributed by atoms with Crippen LogP contribution < -0.4 is 4.74 Å². The fourth-order valence-electron chi connectivity index (χ4n) is 1.63. The van der Waals surface area contributed by atoms with Crippen LogP contribution in [-0.2, 0) is 16.0 Å². The van der Waals surface area contributed by atoms with Gasteiger partial charge in [0.1, 0.15) is 0 Å². The lowest BCUT2D eigenvalue weighted by Gasteiger charge is -2.10. The van der Waals surface area contributed by atoms with E-state index in [-0.39, 0.29) is 12.6 Å². The summed E-state index contributed by atoms with van der Waals surface area (Å²) in [6.07, 6.45) is -2.88. The number of esters is 1. The molecule has 118 valence electrons. The summed E-state index contributed by atoms with van der Waals surface area (Å²) in [5.41, 5.74) is 0.559. The number of unbranched alkanes of at least 4 members (excludes halogenated alkanes) is 1. The van der Waals surface area contributed by atoms with Crippen LogP contribution in [0.4, 0.5) is 17.6 Å². The molecule has 0 N–H and O–H groups in total. The second kappa shape index (κ2) is 7.85. The molecule has 0 heterocycles. The van der Waals surface area contributed by atoms with E-state index in [1.165, 1.54) is 6.07 Å². The molecule has 0 atom stereocenters. The van der Waals surface area contributed by atoms with Crippen LogP contribution in [0.3, 0.4) is 0 Å². The minimum Gasteiger partial charge on any atom is -0.466 e. The Hall–Kier alpha value is -1.79. The van der Waals surface area contributed by atoms with Crippen LogP contribution in [0.15, 0.2) is 18.2 Å². The molecule has 0 bridgehead atoms. The monoisotopic (exact) mass is 308 g/mol. The van der Waals surface area contributed by atoms with Crippen molar-refractivity contribution in [1.82, 2.24) is 0 Å². The number of benzene rings is 1. The summed E-state index contributed by atoms with van der Waals surface area (Å²) >= 11 is 0. The van der Waals surface area contributed by atoms with Gasteiger partial charge in [-0.05, 0) is 37.0 Å². The average molecular weight is 308 g/mol. The van der Waals surface area contributed by atoms with Crippen LogP contribution in [0.5, 0.6) is 5.75 Å². The van der Waals surface area contributed by atoms with Gasteiger partial charge in [0.15, 0.2) is 11.6 Å². The Bertz CT molecular complexity index is 472. The lowest BCUT2D eigenvalue weighted by molar-refractivity contribution is -0.275. The molecule has 7 heteroatoms. The Morgan fingerprint density at radius 3 is 2.52 bits per heavy atom. The van der Waals surface area contributed by atoms with Crippen molar-refractivity contribution in [3.8, 4) is 5.75 Å². The first-order valence-corrected chi connectivity index (χ1v) is 6.51. The van der Waals surface area contributed by atoms with Crippen LogP contribution in [0.2, 0.25) is 0 Å². The topological polar surface area (TPSA) is 35.5 Å². The molecule has 1 aromatic carbocycles. The summed E-state index contributed by atoms with van der Waals surface area (Å²) in [7, 11) is 0. The quantitative estimate of drug-likeness (QED) is 0.434. The SMILES string of the molecule is CCC(=O)OCCCCc1ccc(OC(F)(F)F)c(F)c1. The van der Waals surface area contributed by atoms with Gasteiger partial charge in [0.2, 0.25) is 0 Å². The number of hydrogen-bond acceptors (Lipinski definition) is 3. The lowest BCUT2D eigenvalue weighted by atomic mass is 10.1. The summed E-state index contributed by atoms with van der Waals surface area (Å²) in [5.74, 6) is -2.18. The molecule has 0 aromatic heterocycles. The molecule has 0 radical (unpaired) electrons. The van der Waals surface area contributed by atoms with Crippen molar-refractivity contribution in [1.29, 1.82) is 0 Å². The fraction of sp³-hybridized carbons (Fsp3) is 0.500. The van der Waals surface area contributed by atoms with E-state index in [9.17, 15) is 22.4 Å². The molecule has 0 saturated heterocycles. The van der Waals surface area contributed by atoms with Gasteiger partial charge < -0.3 is 9.47 Å². The molecule has 1 rings (SSSR count). The smallest absolute Gasteiger partial charge is 0.466 e. The maximum absolute atomic E-state index is 13.4. The molecule has 1 aromatic rings. The zero-order valence-corrected chi connectivity index (χ0v) is 11.5. The summed E-state index contributed by atoms with van der Waals surface area (Å²) in [6, 6.07) is 3.34. The first-order chi connectivity index (χ1) is 9.81. The molecular weight excluding hydrogens is 292 g/mol. The van der Waals surface area contributed by atoms with Crippen LogP contribution in [-0.4, -0.2) is 18.9 Å². The van der Waals surface area contributed by atoms with Gasteiger partial charge in [-0.1, -0.05) is 13.0 Å². The van der Waals surface area contributed by atoms with Gasteiger partial charge in [0.05, 0.1) is 6.61 Å². The number of ether oxygens (including phenoxy) is 2. The molecule has 0 spiro atoms. The summed E-state index contributed by atoms with van der Waals surface area (Å²) < 4.78 is 57.7. The third-order valence-electron chi connectivity index (χ3n) is 2.63. The zero-order chi connectivity index (χ0) is 15.9. The van der Waals surface area contributed by atoms with Crippen LogP contribution in [0, 0.1) is 5.82 Å². The highest BCUT2D eigenvalue weighted by molar-refractivity contribution is 5.68. The average Bonchev–Trinajstić information content (AvgIpc) is 2.39. The number of carbonyl (C=O) groups is 1. The van der Waals surface area contributed by atoms with Crippen molar-refractivity contribution < 1.29 is 31.8 Å². The number of rotatable bonds is 7. The van der Waals surface area contributed by atoms with E-state index in [2.05, 4.69) is 4.74 Å². The van der Waals surface area contributed by atoms with Crippen molar-refractivity contribution in [2.24, 2.45) is 0 Å². The molecule has 0 amide bonds. The predicted octanol–water partition coefficient (Wildman–Crippen LogP) is 4.00. The molecule has 3 nitrogen and oxygen atoms in total. The van der Waals surface area contributed by atoms with Crippen molar-refractivity contribution in [3.05, 3.63) is 29.6 Å². The largest absolute Gasteiger partial charge is 0.573 e. The highest BCUT2D eigenvalue weighted by atomic mass is 19.4. The van der Waals surface area contributed by atoms with E-state index >= 15 is 0 Å². The first kappa shape index (κ1) is 17.3. The van der Waals surface area contributed by atoms with E-state index < -0.39 is 17.9 Å². The Balaban J connectivity index is 2.40. The van der Waals surface area contributed by atoms with E-state index in [1.54, 1.807) is 6.92 Å². The summed E-state index contributed by atoms with van der Waals surface area (Å²) in [6.45, 7) is 1.97. The van der Waals surface area contributed by atoms with Crippen molar-refractivity contribution in [3.63, 3.8) is 0 Å². The second-order valence-electron chi connectivity index (χ2n) is 4.34. The third-order valence-corrected chi connectivity index (χ3v) is 2.63. The second-order valence-corrected chi connectivity index (χ2v) is 4.34. The molecule has 0 unspecified atom stereocenters. The van der Waals surface area contributed by atoms with Crippen LogP contribution >= 0.6 is 0 Å². The van der Waals surface area contributed by atoms with Crippen molar-refractivity contribution in [2.45, 2.75) is 39.0 Å². The van der Waals surface area contributed by atoms with Gasteiger partial charge in [-0.25, -0.2) is 4.39 Å². The van der Waals surface area contributed by atoms with Crippen molar-refractivity contribution in [2.75, 3.05) is 6.61 Å². The molecule has 0 saturated carbocycles. The van der Waals surface area contributed by atoms with E-state index in [1.807, 2.05) is 0 Å². The molecule has 0 fully saturated rings. The Labute approximate surface area is 119 Å². The highest BCUT2D eigenvalue weighted by Crippen LogP contribution is 2.26. The maximum atomic E-state index is 13.4. The molecular formula is C14H16F4O3. The van der Waals surface area contributed by atoms with Gasteiger partial charge in [-0.3, -0.25) is 4.79 Å². The van der Waals surface area contributed by atoms with Crippen molar-refractivity contribution >= 4 is 5.97 Å². The van der Waals surface area contributed by atoms with Gasteiger partial charge in [0.25, 0.3) is 0 Å². The Morgan fingerprint density at radius 2 is 1.95 bits per heavy atom. The van der Waals surface area contributed by atoms with Crippen LogP contribution in [0.1, 0.15) is 31.7 Å². The van der Waals surface area contributed by atoms with Gasteiger partial charge >= 0.3 is 12.3 Å². The maximum Gasteiger partial charge on any atom is 0.573 e. The van der Waals surface area contributed by atoms with E-state index in [4.69, 9.17) is 4.74 Å². The first-order valence-electron chi connectivity index (χ1n) is 6.51. The molecule has 0 aliphatic carbocycles. The molecule has 21 heavy (non-hydrogen) atoms. The minimum atomic E-state index is -4.91. The van der Waals surface area contributed by atoms with Gasteiger partial charge in [-0.2, -0.15) is 0 Å². The van der Waals surface area contributed by atoms with E-state index in [0.717, 1.165) is 12.1 Å². The minimum absolute atomic E-state index is 0.282. The molecule has 0 aliphatic heterocycles. The summed E-state index contributed by atoms with van der Waals surface area (Å²) in [4.78, 5) is 10.9. The molecule has 0 aliphatic rings. The zero-order valence-electron chi connectivity index (χ0n) is 11.5.